The van der Waals surface area contributed by atoms with Crippen LogP contribution in [0.5, 0.6) is 0 Å². The summed E-state index contributed by atoms with van der Waals surface area (Å²) in [5, 5.41) is 14.1. The van der Waals surface area contributed by atoms with E-state index in [1.165, 1.54) is 43.4 Å². The number of pyridine rings is 1. The van der Waals surface area contributed by atoms with Crippen LogP contribution in [0.1, 0.15) is 68.5 Å². The molecule has 1 aromatic heterocycles. The highest BCUT2D eigenvalue weighted by Gasteiger charge is 2.43. The van der Waals surface area contributed by atoms with E-state index in [1.807, 2.05) is 12.3 Å². The Morgan fingerprint density at radius 2 is 1.74 bits per heavy atom. The van der Waals surface area contributed by atoms with Gasteiger partial charge in [0.2, 0.25) is 0 Å². The number of hydrogen-bond donors (Lipinski definition) is 2. The molecule has 1 saturated carbocycles. The number of rotatable bonds is 11. The zero-order valence-corrected chi connectivity index (χ0v) is 22.9. The third-order valence-corrected chi connectivity index (χ3v) is 9.29. The zero-order valence-electron chi connectivity index (χ0n) is 22.9. The van der Waals surface area contributed by atoms with Gasteiger partial charge in [-0.15, -0.1) is 0 Å². The molecule has 5 rings (SSSR count). The van der Waals surface area contributed by atoms with Crippen molar-refractivity contribution in [2.75, 3.05) is 39.3 Å². The normalized spacial score (nSPS) is 24.9. The molecule has 6 nitrogen and oxygen atoms in total. The first-order valence-electron chi connectivity index (χ1n) is 15.0. The van der Waals surface area contributed by atoms with Gasteiger partial charge in [0.25, 0.3) is 0 Å². The van der Waals surface area contributed by atoms with Crippen molar-refractivity contribution in [3.05, 3.63) is 66.0 Å². The van der Waals surface area contributed by atoms with Crippen LogP contribution in [0, 0.1) is 11.8 Å². The Labute approximate surface area is 228 Å². The number of piperidine rings is 1. The topological polar surface area (TPSA) is 68.7 Å². The number of carboxylic acids is 1. The van der Waals surface area contributed by atoms with Crippen LogP contribution >= 0.6 is 0 Å². The Bertz CT molecular complexity index is 973. The molecule has 3 aliphatic rings. The molecule has 2 saturated heterocycles. The Hall–Kier alpha value is -2.28. The molecule has 2 N–H and O–H groups in total. The molecule has 38 heavy (non-hydrogen) atoms. The average Bonchev–Trinajstić information content (AvgIpc) is 3.36. The molecule has 0 spiro atoms. The molecule has 1 aliphatic carbocycles. The summed E-state index contributed by atoms with van der Waals surface area (Å²) < 4.78 is 0. The van der Waals surface area contributed by atoms with E-state index < -0.39 is 5.97 Å². The summed E-state index contributed by atoms with van der Waals surface area (Å²) in [6, 6.07) is 17.3. The smallest absolute Gasteiger partial charge is 0.321 e. The van der Waals surface area contributed by atoms with Crippen molar-refractivity contribution in [2.24, 2.45) is 11.8 Å². The van der Waals surface area contributed by atoms with Gasteiger partial charge in [-0.3, -0.25) is 14.7 Å². The van der Waals surface area contributed by atoms with Gasteiger partial charge in [0.05, 0.1) is 0 Å². The first-order chi connectivity index (χ1) is 18.7. The van der Waals surface area contributed by atoms with Crippen LogP contribution in [-0.4, -0.2) is 77.2 Å². The highest BCUT2D eigenvalue weighted by atomic mass is 16.4. The van der Waals surface area contributed by atoms with Gasteiger partial charge < -0.3 is 15.3 Å². The van der Waals surface area contributed by atoms with Crippen molar-refractivity contribution >= 4 is 5.97 Å². The summed E-state index contributed by atoms with van der Waals surface area (Å²) in [5.74, 6) is 0.574. The minimum absolute atomic E-state index is 0.302. The number of hydrogen-bond acceptors (Lipinski definition) is 5. The fraction of sp³-hybridized carbons (Fsp3) is 0.625. The summed E-state index contributed by atoms with van der Waals surface area (Å²) in [6.07, 6.45) is 12.2. The van der Waals surface area contributed by atoms with Crippen LogP contribution in [0.3, 0.4) is 0 Å². The van der Waals surface area contributed by atoms with Crippen LogP contribution in [-0.2, 0) is 11.2 Å². The van der Waals surface area contributed by atoms with E-state index in [-0.39, 0.29) is 6.04 Å². The lowest BCUT2D eigenvalue weighted by molar-refractivity contribution is -0.145. The molecule has 6 heteroatoms. The summed E-state index contributed by atoms with van der Waals surface area (Å²) in [7, 11) is 0. The summed E-state index contributed by atoms with van der Waals surface area (Å²) in [6.45, 7) is 6.14. The lowest BCUT2D eigenvalue weighted by Crippen LogP contribution is -2.47. The Morgan fingerprint density at radius 3 is 2.45 bits per heavy atom. The number of carbonyl (C=O) groups is 1. The zero-order chi connectivity index (χ0) is 26.2. The molecular formula is C32H46N4O2. The van der Waals surface area contributed by atoms with Crippen LogP contribution < -0.4 is 5.32 Å². The van der Waals surface area contributed by atoms with Crippen molar-refractivity contribution in [1.82, 2.24) is 20.1 Å². The molecular weight excluding hydrogens is 472 g/mol. The minimum Gasteiger partial charge on any atom is -0.480 e. The van der Waals surface area contributed by atoms with Crippen molar-refractivity contribution in [3.63, 3.8) is 0 Å². The van der Waals surface area contributed by atoms with Crippen LogP contribution in [0.15, 0.2) is 54.7 Å². The van der Waals surface area contributed by atoms with E-state index in [0.717, 1.165) is 65.0 Å². The number of likely N-dealkylation sites (tertiary alicyclic amines) is 2. The largest absolute Gasteiger partial charge is 0.480 e. The van der Waals surface area contributed by atoms with E-state index in [2.05, 4.69) is 62.6 Å². The van der Waals surface area contributed by atoms with E-state index in [0.29, 0.717) is 23.8 Å². The Morgan fingerprint density at radius 1 is 0.974 bits per heavy atom. The second-order valence-corrected chi connectivity index (χ2v) is 11.9. The lowest BCUT2D eigenvalue weighted by Gasteiger charge is -2.35. The van der Waals surface area contributed by atoms with E-state index >= 15 is 0 Å². The Balaban J connectivity index is 1.14. The van der Waals surface area contributed by atoms with Crippen LogP contribution in [0.25, 0.3) is 0 Å². The van der Waals surface area contributed by atoms with Crippen molar-refractivity contribution in [3.8, 4) is 0 Å². The fourth-order valence-electron chi connectivity index (χ4n) is 7.27. The number of nitrogens with one attached hydrogen (secondary N) is 1. The molecule has 1 aromatic carbocycles. The second-order valence-electron chi connectivity index (χ2n) is 11.9. The predicted molar refractivity (Wildman–Crippen MR) is 152 cm³/mol. The van der Waals surface area contributed by atoms with Gasteiger partial charge in [-0.05, 0) is 87.7 Å². The first kappa shape index (κ1) is 27.3. The maximum absolute atomic E-state index is 12.5. The van der Waals surface area contributed by atoms with E-state index in [4.69, 9.17) is 0 Å². The first-order valence-corrected chi connectivity index (χ1v) is 15.0. The van der Waals surface area contributed by atoms with Crippen molar-refractivity contribution < 1.29 is 9.90 Å². The monoisotopic (exact) mass is 518 g/mol. The number of aromatic nitrogens is 1. The van der Waals surface area contributed by atoms with Crippen molar-refractivity contribution in [2.45, 2.75) is 75.8 Å². The standard InChI is InChI=1S/C32H46N4O2/c37-32(38)31(26-12-5-2-6-13-26)36-23-27(30(24-36)25-10-3-1-4-11-25)22-35-20-16-29(17-21-35)34-19-9-15-28-14-7-8-18-33-28/h1,3-4,7-8,10-11,14,18,26-27,29-31,34H,2,5-6,9,12-13,15-17,19-24H2,(H,37,38)/t27-,30+,31+/m0/s1. The molecule has 3 heterocycles. The quantitative estimate of drug-likeness (QED) is 0.416. The van der Waals surface area contributed by atoms with E-state index in [1.54, 1.807) is 0 Å². The molecule has 0 bridgehead atoms. The van der Waals surface area contributed by atoms with Gasteiger partial charge in [-0.2, -0.15) is 0 Å². The molecule has 3 atom stereocenters. The number of benzene rings is 1. The number of aliphatic carboxylic acids is 1. The fourth-order valence-corrected chi connectivity index (χ4v) is 7.27. The molecule has 2 aromatic rings. The van der Waals surface area contributed by atoms with Gasteiger partial charge in [-0.1, -0.05) is 55.7 Å². The average molecular weight is 519 g/mol. The van der Waals surface area contributed by atoms with Crippen LogP contribution in [0.2, 0.25) is 0 Å². The van der Waals surface area contributed by atoms with Crippen molar-refractivity contribution in [1.29, 1.82) is 0 Å². The Kier molecular flexibility index (Phi) is 9.83. The predicted octanol–water partition coefficient (Wildman–Crippen LogP) is 4.82. The summed E-state index contributed by atoms with van der Waals surface area (Å²) >= 11 is 0. The van der Waals surface area contributed by atoms with Gasteiger partial charge >= 0.3 is 5.97 Å². The van der Waals surface area contributed by atoms with Gasteiger partial charge in [0.1, 0.15) is 6.04 Å². The summed E-state index contributed by atoms with van der Waals surface area (Å²) in [5.41, 5.74) is 2.55. The molecule has 0 radical (unpaired) electrons. The SMILES string of the molecule is O=C(O)[C@@H](C1CCCCC1)N1C[C@H](CN2CCC(NCCCc3ccccn3)CC2)[C@@H](c2ccccc2)C1. The molecule has 206 valence electrons. The lowest BCUT2D eigenvalue weighted by atomic mass is 9.83. The molecule has 0 amide bonds. The molecule has 2 aliphatic heterocycles. The van der Waals surface area contributed by atoms with Gasteiger partial charge in [-0.25, -0.2) is 0 Å². The van der Waals surface area contributed by atoms with Crippen LogP contribution in [0.4, 0.5) is 0 Å². The summed E-state index contributed by atoms with van der Waals surface area (Å²) in [4.78, 5) is 21.9. The van der Waals surface area contributed by atoms with E-state index in [9.17, 15) is 9.90 Å². The number of carboxylic acid groups (broad SMARTS) is 1. The second kappa shape index (κ2) is 13.7. The number of nitrogens with zero attached hydrogens (tertiary/aromatic N) is 3. The maximum Gasteiger partial charge on any atom is 0.321 e. The highest BCUT2D eigenvalue weighted by molar-refractivity contribution is 5.74. The molecule has 3 fully saturated rings. The van der Waals surface area contributed by atoms with Gasteiger partial charge in [0.15, 0.2) is 0 Å². The van der Waals surface area contributed by atoms with Gasteiger partial charge in [0, 0.05) is 43.5 Å². The molecule has 0 unspecified atom stereocenters. The maximum atomic E-state index is 12.5. The minimum atomic E-state index is -0.612. The third kappa shape index (κ3) is 7.22. The highest BCUT2D eigenvalue weighted by Crippen LogP contribution is 2.38. The third-order valence-electron chi connectivity index (χ3n) is 9.29. The number of aryl methyl sites for hydroxylation is 1.